The topological polar surface area (TPSA) is 58.0 Å². The van der Waals surface area contributed by atoms with Crippen molar-refractivity contribution in [2.45, 2.75) is 13.3 Å². The fourth-order valence-corrected chi connectivity index (χ4v) is 2.35. The SMILES string of the molecule is CCc1ccc(-c2nn(-c3ccccc3)cc2C(=O)[O-])cc1. The maximum Gasteiger partial charge on any atom is 0.102 e. The number of aromatic nitrogens is 2. The Kier molecular flexibility index (Phi) is 3.74. The van der Waals surface area contributed by atoms with Crippen LogP contribution in [0.1, 0.15) is 22.8 Å². The zero-order valence-corrected chi connectivity index (χ0v) is 12.2. The first-order chi connectivity index (χ1) is 10.7. The van der Waals surface area contributed by atoms with E-state index in [9.17, 15) is 9.90 Å². The number of hydrogen-bond donors (Lipinski definition) is 0. The van der Waals surface area contributed by atoms with Crippen LogP contribution in [0.4, 0.5) is 0 Å². The molecule has 0 atom stereocenters. The highest BCUT2D eigenvalue weighted by molar-refractivity contribution is 5.93. The Bertz CT molecular complexity index is 790. The van der Waals surface area contributed by atoms with Gasteiger partial charge in [0, 0.05) is 17.3 Å². The van der Waals surface area contributed by atoms with E-state index < -0.39 is 5.97 Å². The number of carboxylic acid groups (broad SMARTS) is 1. The monoisotopic (exact) mass is 291 g/mol. The first-order valence-electron chi connectivity index (χ1n) is 7.15. The molecule has 0 unspecified atom stereocenters. The predicted molar refractivity (Wildman–Crippen MR) is 82.7 cm³/mol. The second kappa shape index (κ2) is 5.85. The lowest BCUT2D eigenvalue weighted by atomic mass is 10.1. The molecule has 0 aliphatic carbocycles. The second-order valence-electron chi connectivity index (χ2n) is 5.01. The van der Waals surface area contributed by atoms with Gasteiger partial charge in [-0.3, -0.25) is 0 Å². The Labute approximate surface area is 128 Å². The van der Waals surface area contributed by atoms with E-state index in [1.807, 2.05) is 54.6 Å². The summed E-state index contributed by atoms with van der Waals surface area (Å²) in [4.78, 5) is 11.4. The van der Waals surface area contributed by atoms with Crippen molar-refractivity contribution in [3.8, 4) is 16.9 Å². The van der Waals surface area contributed by atoms with Gasteiger partial charge in [0.1, 0.15) is 5.69 Å². The minimum absolute atomic E-state index is 0.0908. The van der Waals surface area contributed by atoms with Crippen LogP contribution < -0.4 is 5.11 Å². The highest BCUT2D eigenvalue weighted by atomic mass is 16.4. The summed E-state index contributed by atoms with van der Waals surface area (Å²) in [5.74, 6) is -1.23. The van der Waals surface area contributed by atoms with Crippen LogP contribution in [0.3, 0.4) is 0 Å². The molecule has 0 N–H and O–H groups in total. The minimum atomic E-state index is -1.23. The van der Waals surface area contributed by atoms with Gasteiger partial charge in [-0.25, -0.2) is 4.68 Å². The minimum Gasteiger partial charge on any atom is -0.545 e. The molecule has 0 radical (unpaired) electrons. The summed E-state index contributed by atoms with van der Waals surface area (Å²) in [5.41, 5.74) is 3.29. The average molecular weight is 291 g/mol. The molecule has 1 aromatic heterocycles. The van der Waals surface area contributed by atoms with Crippen molar-refractivity contribution >= 4 is 5.97 Å². The van der Waals surface area contributed by atoms with Crippen molar-refractivity contribution in [1.29, 1.82) is 0 Å². The van der Waals surface area contributed by atoms with Crippen molar-refractivity contribution in [3.05, 3.63) is 71.9 Å². The molecule has 0 aliphatic heterocycles. The smallest absolute Gasteiger partial charge is 0.102 e. The lowest BCUT2D eigenvalue weighted by Crippen LogP contribution is -2.22. The number of benzene rings is 2. The van der Waals surface area contributed by atoms with Gasteiger partial charge in [-0.1, -0.05) is 49.4 Å². The standard InChI is InChI=1S/C18H16N2O2/c1-2-13-8-10-14(11-9-13)17-16(18(21)22)12-20(19-17)15-6-4-3-5-7-15/h3-12H,2H2,1H3,(H,21,22)/p-1. The summed E-state index contributed by atoms with van der Waals surface area (Å²) < 4.78 is 1.56. The van der Waals surface area contributed by atoms with E-state index in [-0.39, 0.29) is 5.56 Å². The average Bonchev–Trinajstić information content (AvgIpc) is 3.01. The van der Waals surface area contributed by atoms with Crippen LogP contribution in [0.25, 0.3) is 16.9 Å². The van der Waals surface area contributed by atoms with Gasteiger partial charge in [-0.05, 0) is 24.1 Å². The Balaban J connectivity index is 2.09. The molecule has 2 aromatic carbocycles. The summed E-state index contributed by atoms with van der Waals surface area (Å²) in [5, 5.41) is 15.8. The van der Waals surface area contributed by atoms with Crippen LogP contribution in [0, 0.1) is 0 Å². The number of hydrogen-bond acceptors (Lipinski definition) is 3. The van der Waals surface area contributed by atoms with Crippen molar-refractivity contribution in [1.82, 2.24) is 9.78 Å². The van der Waals surface area contributed by atoms with Gasteiger partial charge in [0.25, 0.3) is 0 Å². The third-order valence-corrected chi connectivity index (χ3v) is 3.59. The van der Waals surface area contributed by atoms with E-state index in [0.717, 1.165) is 17.7 Å². The largest absolute Gasteiger partial charge is 0.545 e. The molecule has 0 aliphatic rings. The van der Waals surface area contributed by atoms with E-state index in [4.69, 9.17) is 0 Å². The lowest BCUT2D eigenvalue weighted by molar-refractivity contribution is -0.254. The maximum absolute atomic E-state index is 11.4. The number of carbonyl (C=O) groups is 1. The summed E-state index contributed by atoms with van der Waals surface area (Å²) in [6, 6.07) is 17.2. The Morgan fingerprint density at radius 1 is 1.09 bits per heavy atom. The Hall–Kier alpha value is -2.88. The molecule has 0 saturated carbocycles. The molecule has 22 heavy (non-hydrogen) atoms. The fourth-order valence-electron chi connectivity index (χ4n) is 2.35. The molecular weight excluding hydrogens is 276 g/mol. The van der Waals surface area contributed by atoms with Crippen LogP contribution in [-0.2, 0) is 6.42 Å². The third kappa shape index (κ3) is 2.63. The fraction of sp³-hybridized carbons (Fsp3) is 0.111. The van der Waals surface area contributed by atoms with E-state index in [0.29, 0.717) is 5.69 Å². The molecule has 4 nitrogen and oxygen atoms in total. The predicted octanol–water partition coefficient (Wildman–Crippen LogP) is 2.47. The molecular formula is C18H15N2O2-. The van der Waals surface area contributed by atoms with Crippen molar-refractivity contribution < 1.29 is 9.90 Å². The summed E-state index contributed by atoms with van der Waals surface area (Å²) in [6.07, 6.45) is 2.43. The number of nitrogens with zero attached hydrogens (tertiary/aromatic N) is 2. The number of carbonyl (C=O) groups excluding carboxylic acids is 1. The van der Waals surface area contributed by atoms with Gasteiger partial charge < -0.3 is 9.90 Å². The second-order valence-corrected chi connectivity index (χ2v) is 5.01. The van der Waals surface area contributed by atoms with E-state index in [2.05, 4.69) is 12.0 Å². The van der Waals surface area contributed by atoms with Crippen LogP contribution in [0.15, 0.2) is 60.8 Å². The molecule has 3 rings (SSSR count). The number of aryl methyl sites for hydroxylation is 1. The lowest BCUT2D eigenvalue weighted by Gasteiger charge is -2.04. The molecule has 0 spiro atoms. The number of aromatic carboxylic acids is 1. The van der Waals surface area contributed by atoms with Crippen molar-refractivity contribution in [2.24, 2.45) is 0 Å². The van der Waals surface area contributed by atoms with E-state index >= 15 is 0 Å². The third-order valence-electron chi connectivity index (χ3n) is 3.59. The van der Waals surface area contributed by atoms with Gasteiger partial charge in [0.05, 0.1) is 11.7 Å². The molecule has 0 saturated heterocycles. The highest BCUT2D eigenvalue weighted by Crippen LogP contribution is 2.24. The molecule has 3 aromatic rings. The van der Waals surface area contributed by atoms with Crippen LogP contribution in [0.5, 0.6) is 0 Å². The Morgan fingerprint density at radius 2 is 1.77 bits per heavy atom. The summed E-state index contributed by atoms with van der Waals surface area (Å²) in [7, 11) is 0. The summed E-state index contributed by atoms with van der Waals surface area (Å²) in [6.45, 7) is 2.08. The van der Waals surface area contributed by atoms with Crippen molar-refractivity contribution in [3.63, 3.8) is 0 Å². The van der Waals surface area contributed by atoms with E-state index in [1.165, 1.54) is 11.8 Å². The highest BCUT2D eigenvalue weighted by Gasteiger charge is 2.13. The van der Waals surface area contributed by atoms with Crippen molar-refractivity contribution in [2.75, 3.05) is 0 Å². The van der Waals surface area contributed by atoms with Gasteiger partial charge in [0.2, 0.25) is 0 Å². The molecule has 0 amide bonds. The van der Waals surface area contributed by atoms with Gasteiger partial charge >= 0.3 is 0 Å². The molecule has 0 fully saturated rings. The normalized spacial score (nSPS) is 10.6. The van der Waals surface area contributed by atoms with Gasteiger partial charge in [-0.2, -0.15) is 5.10 Å². The first kappa shape index (κ1) is 14.1. The molecule has 0 bridgehead atoms. The number of para-hydroxylation sites is 1. The van der Waals surface area contributed by atoms with E-state index in [1.54, 1.807) is 4.68 Å². The Morgan fingerprint density at radius 3 is 2.36 bits per heavy atom. The van der Waals surface area contributed by atoms with Gasteiger partial charge in [0.15, 0.2) is 0 Å². The molecule has 1 heterocycles. The van der Waals surface area contributed by atoms with Crippen LogP contribution >= 0.6 is 0 Å². The molecule has 110 valence electrons. The molecule has 4 heteroatoms. The zero-order valence-electron chi connectivity index (χ0n) is 12.2. The maximum atomic E-state index is 11.4. The number of rotatable bonds is 4. The van der Waals surface area contributed by atoms with Crippen LogP contribution in [-0.4, -0.2) is 15.7 Å². The van der Waals surface area contributed by atoms with Gasteiger partial charge in [-0.15, -0.1) is 0 Å². The van der Waals surface area contributed by atoms with Crippen LogP contribution in [0.2, 0.25) is 0 Å². The summed E-state index contributed by atoms with van der Waals surface area (Å²) >= 11 is 0. The number of carboxylic acids is 1. The zero-order chi connectivity index (χ0) is 15.5. The quantitative estimate of drug-likeness (QED) is 0.742. The first-order valence-corrected chi connectivity index (χ1v) is 7.15.